The summed E-state index contributed by atoms with van der Waals surface area (Å²) in [6, 6.07) is 55.7. The van der Waals surface area contributed by atoms with Gasteiger partial charge in [-0.05, 0) is 77.2 Å². The van der Waals surface area contributed by atoms with Gasteiger partial charge in [0.1, 0.15) is 16.3 Å². The smallest absolute Gasteiger partial charge is 0.331 e. The normalized spacial score (nSPS) is 11.8. The van der Waals surface area contributed by atoms with Gasteiger partial charge in [0.15, 0.2) is 11.2 Å². The van der Waals surface area contributed by atoms with Gasteiger partial charge < -0.3 is 4.55 Å². The maximum atomic E-state index is 10.4. The highest BCUT2D eigenvalue weighted by molar-refractivity contribution is 7.85. The van der Waals surface area contributed by atoms with Gasteiger partial charge in [0.2, 0.25) is 5.65 Å². The molecule has 0 aliphatic rings. The fourth-order valence-electron chi connectivity index (χ4n) is 7.88. The average molecular weight is 751 g/mol. The Balaban J connectivity index is 0.000000324. The fourth-order valence-corrected chi connectivity index (χ4v) is 8.35. The molecular formula is C48H38N4O3S. The Kier molecular flexibility index (Phi) is 9.13. The van der Waals surface area contributed by atoms with Crippen molar-refractivity contribution in [3.8, 4) is 22.5 Å². The van der Waals surface area contributed by atoms with Crippen molar-refractivity contribution < 1.29 is 17.5 Å². The minimum absolute atomic E-state index is 0.178. The van der Waals surface area contributed by atoms with Gasteiger partial charge in [0.05, 0.1) is 28.8 Å². The number of hydrogen-bond acceptors (Lipinski definition) is 4. The highest BCUT2D eigenvalue weighted by Crippen LogP contribution is 2.33. The van der Waals surface area contributed by atoms with Crippen LogP contribution in [-0.2, 0) is 23.1 Å². The van der Waals surface area contributed by atoms with Gasteiger partial charge >= 0.3 is 5.65 Å². The van der Waals surface area contributed by atoms with Crippen molar-refractivity contribution in [3.05, 3.63) is 187 Å². The zero-order valence-corrected chi connectivity index (χ0v) is 31.6. The Labute approximate surface area is 325 Å². The lowest BCUT2D eigenvalue weighted by Crippen LogP contribution is -2.33. The van der Waals surface area contributed by atoms with E-state index >= 15 is 0 Å². The number of fused-ring (bicyclic) bond motifs is 8. The molecule has 7 nitrogen and oxygen atoms in total. The van der Waals surface area contributed by atoms with Crippen LogP contribution >= 0.6 is 0 Å². The molecule has 8 heteroatoms. The monoisotopic (exact) mass is 750 g/mol. The van der Waals surface area contributed by atoms with E-state index in [0.717, 1.165) is 58.5 Å². The number of benzene rings is 7. The summed E-state index contributed by atoms with van der Waals surface area (Å²) in [5, 5.41) is 5.31. The van der Waals surface area contributed by atoms with Gasteiger partial charge in [-0.15, -0.1) is 0 Å². The van der Waals surface area contributed by atoms with Crippen LogP contribution in [0.5, 0.6) is 0 Å². The zero-order valence-electron chi connectivity index (χ0n) is 30.8. The Morgan fingerprint density at radius 1 is 0.625 bits per heavy atom. The summed E-state index contributed by atoms with van der Waals surface area (Å²) in [5.41, 5.74) is 11.3. The van der Waals surface area contributed by atoms with E-state index in [2.05, 4.69) is 159 Å². The predicted molar refractivity (Wildman–Crippen MR) is 224 cm³/mol. The van der Waals surface area contributed by atoms with Gasteiger partial charge in [-0.2, -0.15) is 4.40 Å². The van der Waals surface area contributed by atoms with Crippen LogP contribution in [0.4, 0.5) is 0 Å². The van der Waals surface area contributed by atoms with E-state index in [1.165, 1.54) is 50.5 Å². The molecule has 10 aromatic rings. The van der Waals surface area contributed by atoms with Crippen LogP contribution in [0, 0.1) is 6.92 Å². The largest absolute Gasteiger partial charge is 0.744 e. The second kappa shape index (κ2) is 14.6. The van der Waals surface area contributed by atoms with E-state index < -0.39 is 10.1 Å². The first-order chi connectivity index (χ1) is 27.3. The summed E-state index contributed by atoms with van der Waals surface area (Å²) in [6.45, 7) is 2.69. The Morgan fingerprint density at radius 2 is 1.16 bits per heavy atom. The van der Waals surface area contributed by atoms with E-state index in [1.807, 2.05) is 13.1 Å². The van der Waals surface area contributed by atoms with Crippen LogP contribution in [0.1, 0.15) is 17.5 Å². The molecule has 0 fully saturated rings. The average Bonchev–Trinajstić information content (AvgIpc) is 3.84. The predicted octanol–water partition coefficient (Wildman–Crippen LogP) is 10.2. The van der Waals surface area contributed by atoms with Crippen molar-refractivity contribution in [2.75, 3.05) is 0 Å². The Bertz CT molecular complexity index is 3080. The molecule has 10 rings (SSSR count). The molecule has 0 amide bonds. The first-order valence-corrected chi connectivity index (χ1v) is 20.1. The summed E-state index contributed by atoms with van der Waals surface area (Å²) in [5.74, 6) is 0. The van der Waals surface area contributed by atoms with Crippen LogP contribution in [0.25, 0.3) is 66.4 Å². The lowest BCUT2D eigenvalue weighted by atomic mass is 9.94. The molecule has 0 saturated carbocycles. The van der Waals surface area contributed by atoms with Crippen LogP contribution in [0.15, 0.2) is 181 Å². The van der Waals surface area contributed by atoms with Gasteiger partial charge in [-0.3, -0.25) is 4.40 Å². The topological polar surface area (TPSA) is 82.8 Å². The van der Waals surface area contributed by atoms with Crippen molar-refractivity contribution in [2.24, 2.45) is 0 Å². The highest BCUT2D eigenvalue weighted by atomic mass is 32.2. The summed E-state index contributed by atoms with van der Waals surface area (Å²) < 4.78 is 38.3. The fraction of sp³-hybridized carbons (Fsp3) is 0.0833. The molecule has 0 unspecified atom stereocenters. The molecule has 0 aliphatic carbocycles. The van der Waals surface area contributed by atoms with E-state index in [1.54, 1.807) is 12.1 Å². The Hall–Kier alpha value is -6.61. The number of hydrogen-bond donors (Lipinski definition) is 0. The highest BCUT2D eigenvalue weighted by Gasteiger charge is 2.27. The molecule has 0 radical (unpaired) electrons. The number of nitrogens with zero attached hydrogens (tertiary/aromatic N) is 4. The molecule has 0 N–H and O–H groups in total. The SMILES string of the molecule is Cc1ccc(S(=O)(=O)[O-])cc1.c1ccc(-c2cnc3c4n(c(-c5ccccc5)c[n+]4CCCc4c5ccccc5cc5ccccc45)c4ccccc4n23)cc1. The standard InChI is InChI=1S/C41H31N4.C7H8O3S/c1-3-14-29(15-4-1)38-27-42-40-41-43(25-13-22-35-33-20-9-7-18-31(33)26-32-19-8-10-21-34(32)35)28-39(30-16-5-2-6-17-30)45(41)37-24-12-11-23-36(37)44(38)40;1-6-2-4-7(5-3-6)11(8,9)10/h1-12,14-21,23-24,26-28H,13,22,25H2;2-5H,1H3,(H,8,9,10)/q+1;/p-1. The number of rotatable bonds is 7. The van der Waals surface area contributed by atoms with Crippen molar-refractivity contribution in [1.29, 1.82) is 0 Å². The lowest BCUT2D eigenvalue weighted by Gasteiger charge is -2.11. The minimum atomic E-state index is -4.27. The van der Waals surface area contributed by atoms with Crippen molar-refractivity contribution in [2.45, 2.75) is 31.2 Å². The molecule has 274 valence electrons. The van der Waals surface area contributed by atoms with E-state index in [-0.39, 0.29) is 4.90 Å². The van der Waals surface area contributed by atoms with Crippen LogP contribution in [0.3, 0.4) is 0 Å². The van der Waals surface area contributed by atoms with E-state index in [9.17, 15) is 13.0 Å². The molecule has 0 saturated heterocycles. The Morgan fingerprint density at radius 3 is 1.77 bits per heavy atom. The number of para-hydroxylation sites is 2. The lowest BCUT2D eigenvalue weighted by molar-refractivity contribution is -0.670. The third-order valence-corrected chi connectivity index (χ3v) is 11.3. The summed E-state index contributed by atoms with van der Waals surface area (Å²) >= 11 is 0. The molecule has 0 atom stereocenters. The summed E-state index contributed by atoms with van der Waals surface area (Å²) in [7, 11) is -4.27. The van der Waals surface area contributed by atoms with Crippen molar-refractivity contribution >= 4 is 54.0 Å². The van der Waals surface area contributed by atoms with Crippen LogP contribution in [-0.4, -0.2) is 26.8 Å². The van der Waals surface area contributed by atoms with E-state index in [0.29, 0.717) is 0 Å². The van der Waals surface area contributed by atoms with Crippen LogP contribution < -0.4 is 4.57 Å². The molecule has 7 aromatic carbocycles. The zero-order chi connectivity index (χ0) is 38.2. The number of aryl methyl sites for hydroxylation is 3. The molecule has 56 heavy (non-hydrogen) atoms. The molecule has 0 bridgehead atoms. The molecule has 3 heterocycles. The van der Waals surface area contributed by atoms with Gasteiger partial charge in [0, 0.05) is 11.1 Å². The first kappa shape index (κ1) is 35.1. The minimum Gasteiger partial charge on any atom is -0.744 e. The maximum Gasteiger partial charge on any atom is 0.331 e. The van der Waals surface area contributed by atoms with Crippen LogP contribution in [0.2, 0.25) is 0 Å². The van der Waals surface area contributed by atoms with Crippen molar-refractivity contribution in [3.63, 3.8) is 0 Å². The van der Waals surface area contributed by atoms with E-state index in [4.69, 9.17) is 4.98 Å². The first-order valence-electron chi connectivity index (χ1n) is 18.7. The molecular weight excluding hydrogens is 713 g/mol. The number of aromatic nitrogens is 4. The van der Waals surface area contributed by atoms with Gasteiger partial charge in [0.25, 0.3) is 0 Å². The molecule has 3 aromatic heterocycles. The number of imidazole rings is 2. The second-order valence-corrected chi connectivity index (χ2v) is 15.4. The molecule has 0 spiro atoms. The third-order valence-electron chi connectivity index (χ3n) is 10.5. The summed E-state index contributed by atoms with van der Waals surface area (Å²) in [6.07, 6.45) is 6.34. The maximum absolute atomic E-state index is 10.4. The third kappa shape index (κ3) is 6.49. The quantitative estimate of drug-likeness (QED) is 0.0923. The van der Waals surface area contributed by atoms with Crippen molar-refractivity contribution in [1.82, 2.24) is 13.8 Å². The molecule has 0 aliphatic heterocycles. The summed E-state index contributed by atoms with van der Waals surface area (Å²) in [4.78, 5) is 4.93. The van der Waals surface area contributed by atoms with Gasteiger partial charge in [-0.1, -0.05) is 139 Å². The second-order valence-electron chi connectivity index (χ2n) is 14.1. The van der Waals surface area contributed by atoms with Gasteiger partial charge in [-0.25, -0.2) is 18.0 Å².